The van der Waals surface area contributed by atoms with Crippen LogP contribution in [0.15, 0.2) is 393 Å². The Morgan fingerprint density at radius 2 is 0.651 bits per heavy atom. The van der Waals surface area contributed by atoms with Gasteiger partial charge in [-0.15, -0.1) is 11.3 Å². The van der Waals surface area contributed by atoms with Gasteiger partial charge in [0.05, 0.1) is 22.2 Å². The zero-order valence-electron chi connectivity index (χ0n) is 57.7. The molecule has 0 spiro atoms. The predicted molar refractivity (Wildman–Crippen MR) is 446 cm³/mol. The van der Waals surface area contributed by atoms with Crippen LogP contribution in [0.5, 0.6) is 0 Å². The topological polar surface area (TPSA) is 19.6 Å². The van der Waals surface area contributed by atoms with Gasteiger partial charge in [-0.1, -0.05) is 309 Å². The van der Waals surface area contributed by atoms with E-state index >= 15 is 0 Å². The average Bonchev–Trinajstić information content (AvgIpc) is 1.51. The van der Waals surface area contributed by atoms with Gasteiger partial charge in [0.1, 0.15) is 5.58 Å². The van der Waals surface area contributed by atoms with E-state index < -0.39 is 10.8 Å². The van der Waals surface area contributed by atoms with Crippen molar-refractivity contribution in [3.05, 3.63) is 433 Å². The van der Waals surface area contributed by atoms with Gasteiger partial charge in [-0.2, -0.15) is 0 Å². The lowest BCUT2D eigenvalue weighted by atomic mass is 9.67. The summed E-state index contributed by atoms with van der Waals surface area (Å²) in [6, 6.07) is 145. The molecule has 4 heteroatoms. The third-order valence-electron chi connectivity index (χ3n) is 23.1. The number of hydrogen-bond acceptors (Lipinski definition) is 4. The monoisotopic (exact) mass is 1360 g/mol. The van der Waals surface area contributed by atoms with Crippen molar-refractivity contribution in [1.29, 1.82) is 0 Å². The summed E-state index contributed by atoms with van der Waals surface area (Å²) in [5.74, 6) is 0. The Hall–Kier alpha value is -13.4. The van der Waals surface area contributed by atoms with Gasteiger partial charge in [-0.05, 0) is 184 Å². The number of para-hydroxylation sites is 2. The Morgan fingerprint density at radius 1 is 0.236 bits per heavy atom. The van der Waals surface area contributed by atoms with Gasteiger partial charge in [0.2, 0.25) is 0 Å². The SMILES string of the molecule is c1ccc(N(c2cccc(C3(c4ccccc4)c4ccccc4-c4ccccc43)c2)c2cccc3c2oc2c3ccc3c(-c4cccc(N(c5cccc(C6(c7ccccc7)c7ccccc7-c7ccccc76)c5)c5cc6ccccc6c6c5ccc5c7ccccc7sc56)c4)cc4ccccc4c32)cc1. The smallest absolute Gasteiger partial charge is 0.159 e. The molecule has 3 nitrogen and oxygen atoms in total. The molecule has 0 bridgehead atoms. The van der Waals surface area contributed by atoms with Gasteiger partial charge in [0, 0.05) is 69.9 Å². The van der Waals surface area contributed by atoms with Crippen molar-refractivity contribution in [3.8, 4) is 33.4 Å². The molecule has 0 unspecified atom stereocenters. The molecule has 0 radical (unpaired) electrons. The van der Waals surface area contributed by atoms with Crippen LogP contribution in [-0.2, 0) is 10.8 Å². The molecule has 0 saturated carbocycles. The van der Waals surface area contributed by atoms with Crippen LogP contribution in [-0.4, -0.2) is 0 Å². The van der Waals surface area contributed by atoms with E-state index in [2.05, 4.69) is 398 Å². The second-order valence-corrected chi connectivity index (χ2v) is 29.5. The lowest BCUT2D eigenvalue weighted by Gasteiger charge is -2.35. The molecule has 18 aromatic carbocycles. The van der Waals surface area contributed by atoms with Crippen LogP contribution in [0.4, 0.5) is 34.1 Å². The second kappa shape index (κ2) is 23.6. The zero-order chi connectivity index (χ0) is 69.6. The summed E-state index contributed by atoms with van der Waals surface area (Å²) >= 11 is 1.90. The molecule has 106 heavy (non-hydrogen) atoms. The summed E-state index contributed by atoms with van der Waals surface area (Å²) in [5, 5.41) is 14.0. The fourth-order valence-electron chi connectivity index (χ4n) is 18.8. The quantitative estimate of drug-likeness (QED) is 0.120. The fourth-order valence-corrected chi connectivity index (χ4v) is 20.1. The largest absolute Gasteiger partial charge is 0.453 e. The standard InChI is InChI=1S/C102H64N2OS/c1-4-31-68(32-5-1)101(89-50-19-14-44-78(89)79-45-15-20-51-90(79)101)70-35-25-40-74(63-70)103(72-37-8-3-9-38-72)93-54-27-49-84-85-57-56-83-88(61-66-28-10-12-42-76(66)96(83)99(85)105-98(84)93)65-30-24-39-73(60-65)104(94-62-67-29-11-13-43-77(67)97-87(94)59-58-86-82-48-18-23-55-95(82)106-100(86)97)75-41-26-36-71(64-75)102(69-33-6-2-7-34-69)91-52-21-16-46-80(91)81-47-17-22-53-92(81)102/h1-64H. The normalized spacial score (nSPS) is 13.2. The summed E-state index contributed by atoms with van der Waals surface area (Å²) in [6.07, 6.45) is 0. The Bertz CT molecular complexity index is 6900. The first-order valence-electron chi connectivity index (χ1n) is 36.6. The molecular formula is C102H64N2OS. The van der Waals surface area contributed by atoms with E-state index in [9.17, 15) is 0 Å². The minimum absolute atomic E-state index is 0.585. The van der Waals surface area contributed by atoms with E-state index in [0.717, 1.165) is 88.7 Å². The first kappa shape index (κ1) is 60.2. The van der Waals surface area contributed by atoms with Crippen LogP contribution in [0.1, 0.15) is 44.5 Å². The molecule has 20 aromatic rings. The summed E-state index contributed by atoms with van der Waals surface area (Å²) in [6.45, 7) is 0. The van der Waals surface area contributed by atoms with Crippen LogP contribution in [0, 0.1) is 0 Å². The third-order valence-corrected chi connectivity index (χ3v) is 24.3. The molecule has 494 valence electrons. The number of nitrogens with zero attached hydrogens (tertiary/aromatic N) is 2. The summed E-state index contributed by atoms with van der Waals surface area (Å²) in [5.41, 5.74) is 23.9. The first-order valence-corrected chi connectivity index (χ1v) is 37.4. The van der Waals surface area contributed by atoms with Gasteiger partial charge in [0.25, 0.3) is 0 Å². The van der Waals surface area contributed by atoms with E-state index in [1.165, 1.54) is 108 Å². The van der Waals surface area contributed by atoms with Crippen LogP contribution in [0.25, 0.3) is 119 Å². The third kappa shape index (κ3) is 8.68. The number of rotatable bonds is 11. The minimum atomic E-state index is -0.619. The highest BCUT2D eigenvalue weighted by Crippen LogP contribution is 2.60. The molecule has 2 aromatic heterocycles. The maximum atomic E-state index is 7.72. The highest BCUT2D eigenvalue weighted by Gasteiger charge is 2.48. The molecular weight excluding hydrogens is 1300 g/mol. The van der Waals surface area contributed by atoms with Gasteiger partial charge < -0.3 is 14.2 Å². The molecule has 2 heterocycles. The fraction of sp³-hybridized carbons (Fsp3) is 0.0196. The van der Waals surface area contributed by atoms with Crippen molar-refractivity contribution in [2.24, 2.45) is 0 Å². The Morgan fingerprint density at radius 3 is 1.25 bits per heavy atom. The number of hydrogen-bond donors (Lipinski definition) is 0. The molecule has 0 fully saturated rings. The second-order valence-electron chi connectivity index (χ2n) is 28.4. The molecule has 0 saturated heterocycles. The van der Waals surface area contributed by atoms with Gasteiger partial charge in [0.15, 0.2) is 5.58 Å². The summed E-state index contributed by atoms with van der Waals surface area (Å²) < 4.78 is 10.3. The maximum absolute atomic E-state index is 7.72. The van der Waals surface area contributed by atoms with Crippen LogP contribution in [0.3, 0.4) is 0 Å². The number of furan rings is 1. The van der Waals surface area contributed by atoms with Crippen molar-refractivity contribution in [2.45, 2.75) is 10.8 Å². The molecule has 0 amide bonds. The van der Waals surface area contributed by atoms with Crippen molar-refractivity contribution in [2.75, 3.05) is 9.80 Å². The van der Waals surface area contributed by atoms with Crippen LogP contribution < -0.4 is 9.80 Å². The predicted octanol–water partition coefficient (Wildman–Crippen LogP) is 27.9. The Balaban J connectivity index is 0.754. The van der Waals surface area contributed by atoms with E-state index in [1.54, 1.807) is 0 Å². The molecule has 0 atom stereocenters. The average molecular weight is 1370 g/mol. The highest BCUT2D eigenvalue weighted by atomic mass is 32.1. The highest BCUT2D eigenvalue weighted by molar-refractivity contribution is 7.26. The zero-order valence-corrected chi connectivity index (χ0v) is 58.5. The lowest BCUT2D eigenvalue weighted by Crippen LogP contribution is -2.28. The lowest BCUT2D eigenvalue weighted by molar-refractivity contribution is 0.673. The van der Waals surface area contributed by atoms with Crippen molar-refractivity contribution in [3.63, 3.8) is 0 Å². The van der Waals surface area contributed by atoms with Gasteiger partial charge >= 0.3 is 0 Å². The minimum Gasteiger partial charge on any atom is -0.453 e. The molecule has 0 aliphatic heterocycles. The number of thiophene rings is 1. The Labute approximate surface area is 617 Å². The van der Waals surface area contributed by atoms with E-state index in [0.29, 0.717) is 0 Å². The molecule has 2 aliphatic rings. The van der Waals surface area contributed by atoms with Gasteiger partial charge in [-0.3, -0.25) is 0 Å². The van der Waals surface area contributed by atoms with Crippen molar-refractivity contribution >= 4 is 131 Å². The molecule has 22 rings (SSSR count). The molecule has 0 N–H and O–H groups in total. The van der Waals surface area contributed by atoms with E-state index in [1.807, 2.05) is 11.3 Å². The molecule has 2 aliphatic carbocycles. The number of benzene rings is 18. The first-order chi connectivity index (χ1) is 52.6. The summed E-state index contributed by atoms with van der Waals surface area (Å²) in [7, 11) is 0. The maximum Gasteiger partial charge on any atom is 0.159 e. The number of fused-ring (bicyclic) bond motifs is 20. The van der Waals surface area contributed by atoms with Crippen LogP contribution in [0.2, 0.25) is 0 Å². The van der Waals surface area contributed by atoms with Gasteiger partial charge in [-0.25, -0.2) is 0 Å². The Kier molecular flexibility index (Phi) is 13.4. The van der Waals surface area contributed by atoms with E-state index in [-0.39, 0.29) is 0 Å². The van der Waals surface area contributed by atoms with E-state index in [4.69, 9.17) is 4.42 Å². The summed E-state index contributed by atoms with van der Waals surface area (Å²) in [4.78, 5) is 4.95. The van der Waals surface area contributed by atoms with Crippen LogP contribution >= 0.6 is 11.3 Å². The van der Waals surface area contributed by atoms with Crippen molar-refractivity contribution < 1.29 is 4.42 Å². The number of anilines is 6. The van der Waals surface area contributed by atoms with Crippen molar-refractivity contribution in [1.82, 2.24) is 0 Å².